The van der Waals surface area contributed by atoms with Gasteiger partial charge in [-0.25, -0.2) is 0 Å². The van der Waals surface area contributed by atoms with E-state index < -0.39 is 5.60 Å². The van der Waals surface area contributed by atoms with Gasteiger partial charge < -0.3 is 10.4 Å². The highest BCUT2D eigenvalue weighted by atomic mass is 16.3. The van der Waals surface area contributed by atoms with E-state index >= 15 is 0 Å². The van der Waals surface area contributed by atoms with Gasteiger partial charge in [0.1, 0.15) is 0 Å². The fourth-order valence-corrected chi connectivity index (χ4v) is 2.31. The van der Waals surface area contributed by atoms with Crippen LogP contribution in [0.1, 0.15) is 39.5 Å². The summed E-state index contributed by atoms with van der Waals surface area (Å²) in [5, 5.41) is 13.5. The molecule has 0 amide bonds. The van der Waals surface area contributed by atoms with Crippen molar-refractivity contribution >= 4 is 0 Å². The molecule has 1 fully saturated rings. The van der Waals surface area contributed by atoms with Crippen LogP contribution in [0.5, 0.6) is 0 Å². The second kappa shape index (κ2) is 4.24. The highest BCUT2D eigenvalue weighted by Crippen LogP contribution is 2.29. The molecule has 12 heavy (non-hydrogen) atoms. The normalized spacial score (nSPS) is 31.0. The van der Waals surface area contributed by atoms with E-state index in [1.807, 2.05) is 0 Å². The second-order valence-electron chi connectivity index (χ2n) is 3.90. The predicted octanol–water partition coefficient (Wildman–Crippen LogP) is 1.54. The van der Waals surface area contributed by atoms with Crippen LogP contribution >= 0.6 is 0 Å². The monoisotopic (exact) mass is 171 g/mol. The van der Waals surface area contributed by atoms with Crippen molar-refractivity contribution in [2.45, 2.75) is 45.1 Å². The fourth-order valence-electron chi connectivity index (χ4n) is 2.31. The maximum absolute atomic E-state index is 10.3. The molecular weight excluding hydrogens is 150 g/mol. The predicted molar refractivity (Wildman–Crippen MR) is 51.1 cm³/mol. The van der Waals surface area contributed by atoms with Gasteiger partial charge >= 0.3 is 0 Å². The zero-order chi connectivity index (χ0) is 9.03. The van der Waals surface area contributed by atoms with Gasteiger partial charge in [-0.3, -0.25) is 0 Å². The minimum atomic E-state index is -0.415. The summed E-state index contributed by atoms with van der Waals surface area (Å²) in [4.78, 5) is 0. The molecule has 1 unspecified atom stereocenters. The molecule has 1 rings (SSSR count). The van der Waals surface area contributed by atoms with Gasteiger partial charge in [-0.2, -0.15) is 0 Å². The Labute approximate surface area is 75.4 Å². The van der Waals surface area contributed by atoms with Crippen LogP contribution in [-0.2, 0) is 0 Å². The van der Waals surface area contributed by atoms with E-state index in [0.29, 0.717) is 5.92 Å². The Kier molecular flexibility index (Phi) is 3.53. The number of nitrogens with one attached hydrogen (secondary N) is 1. The molecule has 1 saturated heterocycles. The van der Waals surface area contributed by atoms with Crippen molar-refractivity contribution in [2.24, 2.45) is 5.92 Å². The Morgan fingerprint density at radius 1 is 1.42 bits per heavy atom. The molecule has 0 spiro atoms. The van der Waals surface area contributed by atoms with Gasteiger partial charge in [0.25, 0.3) is 0 Å². The molecule has 1 aliphatic heterocycles. The fraction of sp³-hybridized carbons (Fsp3) is 1.00. The Hall–Kier alpha value is -0.0800. The van der Waals surface area contributed by atoms with Crippen molar-refractivity contribution in [3.8, 4) is 0 Å². The topological polar surface area (TPSA) is 32.3 Å². The van der Waals surface area contributed by atoms with Crippen molar-refractivity contribution in [3.05, 3.63) is 0 Å². The number of hydrogen-bond acceptors (Lipinski definition) is 2. The first kappa shape index (κ1) is 10.0. The third-order valence-electron chi connectivity index (χ3n) is 3.14. The molecule has 0 aromatic carbocycles. The Bertz CT molecular complexity index is 126. The average Bonchev–Trinajstić information content (AvgIpc) is 2.07. The minimum absolute atomic E-state index is 0.415. The highest BCUT2D eigenvalue weighted by molar-refractivity contribution is 4.90. The first-order valence-corrected chi connectivity index (χ1v) is 5.16. The summed E-state index contributed by atoms with van der Waals surface area (Å²) < 4.78 is 0. The standard InChI is InChI=1S/C10H21NO/c1-3-9(4-2)10(12)6-5-7-11-8-10/h9,11-12H,3-8H2,1-2H3. The van der Waals surface area contributed by atoms with Gasteiger partial charge in [-0.05, 0) is 25.3 Å². The lowest BCUT2D eigenvalue weighted by atomic mass is 9.78. The van der Waals surface area contributed by atoms with Crippen LogP contribution in [0, 0.1) is 5.92 Å². The Balaban J connectivity index is 2.53. The molecule has 0 saturated carbocycles. The molecule has 2 heteroatoms. The van der Waals surface area contributed by atoms with Gasteiger partial charge in [0.15, 0.2) is 0 Å². The maximum Gasteiger partial charge on any atom is 0.0799 e. The lowest BCUT2D eigenvalue weighted by molar-refractivity contribution is -0.0404. The number of aliphatic hydroxyl groups is 1. The quantitative estimate of drug-likeness (QED) is 0.675. The zero-order valence-corrected chi connectivity index (χ0v) is 8.27. The molecular formula is C10H21NO. The molecule has 0 bridgehead atoms. The summed E-state index contributed by atoms with van der Waals surface area (Å²) in [6.07, 6.45) is 4.28. The van der Waals surface area contributed by atoms with Crippen LogP contribution in [0.4, 0.5) is 0 Å². The third kappa shape index (κ3) is 1.99. The van der Waals surface area contributed by atoms with E-state index in [1.54, 1.807) is 0 Å². The van der Waals surface area contributed by atoms with Crippen LogP contribution in [0.3, 0.4) is 0 Å². The van der Waals surface area contributed by atoms with Crippen molar-refractivity contribution in [2.75, 3.05) is 13.1 Å². The summed E-state index contributed by atoms with van der Waals surface area (Å²) in [6.45, 7) is 6.20. The van der Waals surface area contributed by atoms with Crippen LogP contribution < -0.4 is 5.32 Å². The first-order valence-electron chi connectivity index (χ1n) is 5.16. The van der Waals surface area contributed by atoms with Gasteiger partial charge in [-0.15, -0.1) is 0 Å². The van der Waals surface area contributed by atoms with E-state index in [-0.39, 0.29) is 0 Å². The van der Waals surface area contributed by atoms with E-state index in [0.717, 1.165) is 38.8 Å². The molecule has 1 heterocycles. The molecule has 0 aliphatic carbocycles. The van der Waals surface area contributed by atoms with Crippen molar-refractivity contribution in [3.63, 3.8) is 0 Å². The van der Waals surface area contributed by atoms with Gasteiger partial charge in [0.2, 0.25) is 0 Å². The summed E-state index contributed by atoms with van der Waals surface area (Å²) in [7, 11) is 0. The lowest BCUT2D eigenvalue weighted by Gasteiger charge is -2.38. The number of hydrogen-bond donors (Lipinski definition) is 2. The zero-order valence-electron chi connectivity index (χ0n) is 8.27. The third-order valence-corrected chi connectivity index (χ3v) is 3.14. The van der Waals surface area contributed by atoms with Crippen molar-refractivity contribution in [1.82, 2.24) is 5.32 Å². The summed E-state index contributed by atoms with van der Waals surface area (Å²) in [5.41, 5.74) is -0.415. The maximum atomic E-state index is 10.3. The van der Waals surface area contributed by atoms with Crippen LogP contribution in [0.25, 0.3) is 0 Å². The molecule has 1 aliphatic rings. The number of piperidine rings is 1. The molecule has 0 radical (unpaired) electrons. The smallest absolute Gasteiger partial charge is 0.0799 e. The molecule has 1 atom stereocenters. The van der Waals surface area contributed by atoms with Crippen LogP contribution in [-0.4, -0.2) is 23.8 Å². The van der Waals surface area contributed by atoms with E-state index in [4.69, 9.17) is 0 Å². The second-order valence-corrected chi connectivity index (χ2v) is 3.90. The van der Waals surface area contributed by atoms with Crippen LogP contribution in [0.15, 0.2) is 0 Å². The van der Waals surface area contributed by atoms with Gasteiger partial charge in [0.05, 0.1) is 5.60 Å². The lowest BCUT2D eigenvalue weighted by Crippen LogP contribution is -2.50. The molecule has 2 nitrogen and oxygen atoms in total. The minimum Gasteiger partial charge on any atom is -0.388 e. The molecule has 0 aromatic rings. The summed E-state index contributed by atoms with van der Waals surface area (Å²) >= 11 is 0. The largest absolute Gasteiger partial charge is 0.388 e. The first-order chi connectivity index (χ1) is 5.73. The van der Waals surface area contributed by atoms with Gasteiger partial charge in [0, 0.05) is 6.54 Å². The number of rotatable bonds is 3. The SMILES string of the molecule is CCC(CC)C1(O)CCCNC1. The summed E-state index contributed by atoms with van der Waals surface area (Å²) in [5.74, 6) is 0.477. The van der Waals surface area contributed by atoms with Gasteiger partial charge in [-0.1, -0.05) is 26.7 Å². The highest BCUT2D eigenvalue weighted by Gasteiger charge is 2.35. The van der Waals surface area contributed by atoms with E-state index in [9.17, 15) is 5.11 Å². The molecule has 0 aromatic heterocycles. The van der Waals surface area contributed by atoms with Crippen molar-refractivity contribution < 1.29 is 5.11 Å². The molecule has 72 valence electrons. The average molecular weight is 171 g/mol. The van der Waals surface area contributed by atoms with E-state index in [2.05, 4.69) is 19.2 Å². The Morgan fingerprint density at radius 3 is 2.50 bits per heavy atom. The van der Waals surface area contributed by atoms with E-state index in [1.165, 1.54) is 0 Å². The van der Waals surface area contributed by atoms with Crippen LogP contribution in [0.2, 0.25) is 0 Å². The summed E-state index contributed by atoms with van der Waals surface area (Å²) in [6, 6.07) is 0. The Morgan fingerprint density at radius 2 is 2.08 bits per heavy atom. The number of β-amino-alcohol motifs (C(OH)–C–C–N with tert-alkyl or cyclic N) is 1. The van der Waals surface area contributed by atoms with Crippen molar-refractivity contribution in [1.29, 1.82) is 0 Å². The molecule has 2 N–H and O–H groups in total.